The average Bonchev–Trinajstić information content (AvgIpc) is 2.26. The Hall–Kier alpha value is -0.590. The van der Waals surface area contributed by atoms with Gasteiger partial charge in [-0.15, -0.1) is 0 Å². The van der Waals surface area contributed by atoms with Gasteiger partial charge in [0, 0.05) is 5.39 Å². The first-order valence-corrected chi connectivity index (χ1v) is 6.00. The number of rotatable bonds is 2. The molecule has 2 aromatic rings. The maximum absolute atomic E-state index is 11.1. The third kappa shape index (κ3) is 3.00. The van der Waals surface area contributed by atoms with Gasteiger partial charge in [0.25, 0.3) is 10.1 Å². The van der Waals surface area contributed by atoms with Crippen molar-refractivity contribution in [3.63, 3.8) is 0 Å². The summed E-state index contributed by atoms with van der Waals surface area (Å²) in [6.07, 6.45) is 0. The predicted octanol–water partition coefficient (Wildman–Crippen LogP) is 1.45. The molecule has 0 amide bonds. The molecule has 0 atom stereocenters. The molecule has 0 aliphatic rings. The zero-order chi connectivity index (χ0) is 11.8. The van der Waals surface area contributed by atoms with E-state index in [0.29, 0.717) is 16.5 Å². The van der Waals surface area contributed by atoms with E-state index in [-0.39, 0.29) is 34.5 Å². The average molecular weight is 262 g/mol. The molecule has 0 fully saturated rings. The minimum atomic E-state index is -4.19. The number of fused-ring (bicyclic) bond motifs is 1. The van der Waals surface area contributed by atoms with Crippen molar-refractivity contribution in [2.45, 2.75) is 4.90 Å². The quantitative estimate of drug-likeness (QED) is 0.657. The van der Waals surface area contributed by atoms with Gasteiger partial charge in [-0.25, -0.2) is 0 Å². The van der Waals surface area contributed by atoms with Crippen LogP contribution in [0, 0.1) is 0 Å². The molecule has 6 heteroatoms. The van der Waals surface area contributed by atoms with Crippen molar-refractivity contribution in [1.82, 2.24) is 0 Å². The second-order valence-corrected chi connectivity index (χ2v) is 4.71. The van der Waals surface area contributed by atoms with E-state index in [1.165, 1.54) is 13.2 Å². The Kier molecular flexibility index (Phi) is 4.57. The molecule has 2 rings (SSSR count). The molecule has 0 unspecified atom stereocenters. The molecule has 1 N–H and O–H groups in total. The van der Waals surface area contributed by atoms with Crippen molar-refractivity contribution in [2.24, 2.45) is 0 Å². The first-order chi connectivity index (χ1) is 7.52. The predicted molar refractivity (Wildman–Crippen MR) is 67.5 cm³/mol. The van der Waals surface area contributed by atoms with Gasteiger partial charge in [-0.1, -0.05) is 12.1 Å². The van der Waals surface area contributed by atoms with Gasteiger partial charge in [-0.05, 0) is 29.7 Å². The molecule has 0 spiro atoms. The Bertz CT molecular complexity index is 637. The monoisotopic (exact) mass is 262 g/mol. The summed E-state index contributed by atoms with van der Waals surface area (Å²) in [6.45, 7) is 0. The van der Waals surface area contributed by atoms with Crippen LogP contribution in [0.2, 0.25) is 0 Å². The number of ether oxygens (including phenoxy) is 1. The van der Waals surface area contributed by atoms with Gasteiger partial charge in [0.2, 0.25) is 0 Å². The van der Waals surface area contributed by atoms with Gasteiger partial charge >= 0.3 is 29.6 Å². The molecule has 4 nitrogen and oxygen atoms in total. The van der Waals surface area contributed by atoms with Gasteiger partial charge < -0.3 is 4.74 Å². The van der Waals surface area contributed by atoms with Crippen LogP contribution >= 0.6 is 0 Å². The van der Waals surface area contributed by atoms with Crippen molar-refractivity contribution in [3.8, 4) is 5.75 Å². The van der Waals surface area contributed by atoms with Crippen LogP contribution in [0.15, 0.2) is 41.3 Å². The zero-order valence-corrected chi connectivity index (χ0v) is 9.36. The summed E-state index contributed by atoms with van der Waals surface area (Å²) >= 11 is 0. The summed E-state index contributed by atoms with van der Waals surface area (Å²) < 4.78 is 36.3. The second kappa shape index (κ2) is 5.37. The number of benzene rings is 2. The molecule has 0 aromatic heterocycles. The summed E-state index contributed by atoms with van der Waals surface area (Å²) in [5.41, 5.74) is 0. The van der Waals surface area contributed by atoms with E-state index in [1.807, 2.05) is 0 Å². The van der Waals surface area contributed by atoms with E-state index in [0.717, 1.165) is 0 Å². The maximum atomic E-state index is 11.1. The molecule has 0 bridgehead atoms. The van der Waals surface area contributed by atoms with Crippen LogP contribution in [-0.4, -0.2) is 49.6 Å². The minimum absolute atomic E-state index is 0. The van der Waals surface area contributed by atoms with Gasteiger partial charge in [0.15, 0.2) is 0 Å². The topological polar surface area (TPSA) is 63.6 Å². The molecule has 0 radical (unpaired) electrons. The van der Waals surface area contributed by atoms with Crippen LogP contribution in [0.5, 0.6) is 5.75 Å². The SMILES string of the molecule is COc1ccc2c(S(=O)(=O)O)cccc2c1.[NaH]. The Morgan fingerprint density at radius 1 is 1.18 bits per heavy atom. The summed E-state index contributed by atoms with van der Waals surface area (Å²) in [5, 5.41) is 1.18. The van der Waals surface area contributed by atoms with Crippen molar-refractivity contribution in [1.29, 1.82) is 0 Å². The molecule has 0 saturated carbocycles. The number of hydrogen-bond donors (Lipinski definition) is 1. The van der Waals surface area contributed by atoms with Crippen LogP contribution in [0.4, 0.5) is 0 Å². The third-order valence-corrected chi connectivity index (χ3v) is 3.24. The molecular weight excluding hydrogens is 251 g/mol. The van der Waals surface area contributed by atoms with Crippen molar-refractivity contribution >= 4 is 50.4 Å². The van der Waals surface area contributed by atoms with E-state index in [2.05, 4.69) is 0 Å². The molecule has 0 aliphatic carbocycles. The normalized spacial score (nSPS) is 10.9. The Balaban J connectivity index is 0.00000144. The molecule has 0 aliphatic heterocycles. The van der Waals surface area contributed by atoms with Gasteiger partial charge in [-0.3, -0.25) is 4.55 Å². The first-order valence-electron chi connectivity index (χ1n) is 4.56. The Morgan fingerprint density at radius 2 is 1.88 bits per heavy atom. The van der Waals surface area contributed by atoms with Crippen LogP contribution in [0.3, 0.4) is 0 Å². The van der Waals surface area contributed by atoms with E-state index in [1.54, 1.807) is 30.3 Å². The zero-order valence-electron chi connectivity index (χ0n) is 8.54. The van der Waals surface area contributed by atoms with Crippen molar-refractivity contribution < 1.29 is 17.7 Å². The van der Waals surface area contributed by atoms with Crippen LogP contribution in [-0.2, 0) is 10.1 Å². The molecule has 17 heavy (non-hydrogen) atoms. The number of hydrogen-bond acceptors (Lipinski definition) is 3. The first kappa shape index (κ1) is 14.5. The van der Waals surface area contributed by atoms with E-state index >= 15 is 0 Å². The summed E-state index contributed by atoms with van der Waals surface area (Å²) in [4.78, 5) is -0.0901. The van der Waals surface area contributed by atoms with Crippen molar-refractivity contribution in [2.75, 3.05) is 7.11 Å². The van der Waals surface area contributed by atoms with Gasteiger partial charge in [0.1, 0.15) is 10.6 Å². The van der Waals surface area contributed by atoms with Crippen LogP contribution in [0.25, 0.3) is 10.8 Å². The van der Waals surface area contributed by atoms with Crippen molar-refractivity contribution in [3.05, 3.63) is 36.4 Å². The number of methoxy groups -OCH3 is 1. The fourth-order valence-electron chi connectivity index (χ4n) is 1.58. The molecule has 0 heterocycles. The fourth-order valence-corrected chi connectivity index (χ4v) is 2.30. The summed E-state index contributed by atoms with van der Waals surface area (Å²) in [7, 11) is -2.65. The Labute approximate surface area is 122 Å². The van der Waals surface area contributed by atoms with Gasteiger partial charge in [-0.2, -0.15) is 8.42 Å². The Morgan fingerprint density at radius 3 is 2.47 bits per heavy atom. The summed E-state index contributed by atoms with van der Waals surface area (Å²) in [5.74, 6) is 0.639. The molecular formula is C11H11NaO4S. The van der Waals surface area contributed by atoms with E-state index < -0.39 is 10.1 Å². The van der Waals surface area contributed by atoms with E-state index in [9.17, 15) is 8.42 Å². The second-order valence-electron chi connectivity index (χ2n) is 3.32. The van der Waals surface area contributed by atoms with Gasteiger partial charge in [0.05, 0.1) is 7.11 Å². The molecule has 2 aromatic carbocycles. The van der Waals surface area contributed by atoms with Crippen LogP contribution in [0.1, 0.15) is 0 Å². The third-order valence-electron chi connectivity index (χ3n) is 2.33. The van der Waals surface area contributed by atoms with E-state index in [4.69, 9.17) is 9.29 Å². The molecule has 86 valence electrons. The fraction of sp³-hybridized carbons (Fsp3) is 0.0909. The summed E-state index contributed by atoms with van der Waals surface area (Å²) in [6, 6.07) is 9.67. The van der Waals surface area contributed by atoms with Crippen LogP contribution < -0.4 is 4.74 Å². The standard InChI is InChI=1S/C11H10O4S.Na.H/c1-15-9-5-6-10-8(7-9)3-2-4-11(10)16(12,13)14;;/h2-7H,1H3,(H,12,13,14);;. The molecule has 0 saturated heterocycles.